The summed E-state index contributed by atoms with van der Waals surface area (Å²) in [6.07, 6.45) is 4.85. The molecule has 2 nitrogen and oxygen atoms in total. The van der Waals surface area contributed by atoms with Gasteiger partial charge in [-0.1, -0.05) is 57.8 Å². The van der Waals surface area contributed by atoms with Crippen molar-refractivity contribution in [1.82, 2.24) is 9.97 Å². The molecule has 4 rings (SSSR count). The van der Waals surface area contributed by atoms with Crippen LogP contribution in [0.3, 0.4) is 0 Å². The highest BCUT2D eigenvalue weighted by Gasteiger charge is 2.42. The monoisotopic (exact) mass is 444 g/mol. The molecule has 0 saturated heterocycles. The van der Waals surface area contributed by atoms with Crippen molar-refractivity contribution in [3.05, 3.63) is 57.1 Å². The van der Waals surface area contributed by atoms with E-state index in [2.05, 4.69) is 52.8 Å². The van der Waals surface area contributed by atoms with Crippen LogP contribution in [-0.4, -0.2) is 9.97 Å². The predicted octanol–water partition coefficient (Wildman–Crippen LogP) is 8.35. The van der Waals surface area contributed by atoms with E-state index in [-0.39, 0.29) is 0 Å². The largest absolute Gasteiger partial charge is 0.256 e. The molecule has 0 bridgehead atoms. The van der Waals surface area contributed by atoms with Gasteiger partial charge in [-0.25, -0.2) is 0 Å². The Balaban J connectivity index is 1.42. The lowest BCUT2D eigenvalue weighted by Gasteiger charge is -2.21. The molecule has 2 aromatic heterocycles. The fraction of sp³-hybridized carbons (Fsp3) is 0.615. The molecule has 0 amide bonds. The van der Waals surface area contributed by atoms with E-state index in [1.54, 1.807) is 0 Å². The Morgan fingerprint density at radius 2 is 1.40 bits per heavy atom. The molecular formula is C26H34Cl2N2. The van der Waals surface area contributed by atoms with Crippen LogP contribution in [0.15, 0.2) is 24.3 Å². The van der Waals surface area contributed by atoms with Crippen molar-refractivity contribution in [2.24, 2.45) is 17.8 Å². The number of hydrogen-bond acceptors (Lipinski definition) is 2. The second kappa shape index (κ2) is 8.79. The van der Waals surface area contributed by atoms with E-state index in [1.807, 2.05) is 6.07 Å². The first kappa shape index (κ1) is 22.1. The SMILES string of the molecule is CC(CC1CC1c1nc([C@H](C)C(C)C)ccc1Cl)[C@H](C)c1ccc(Cl)c(C2CC2)n1. The van der Waals surface area contributed by atoms with Gasteiger partial charge < -0.3 is 0 Å². The Morgan fingerprint density at radius 3 is 2.00 bits per heavy atom. The zero-order valence-electron chi connectivity index (χ0n) is 18.8. The van der Waals surface area contributed by atoms with Gasteiger partial charge in [-0.05, 0) is 67.7 Å². The zero-order chi connectivity index (χ0) is 21.6. The summed E-state index contributed by atoms with van der Waals surface area (Å²) in [6, 6.07) is 8.32. The normalized spacial score (nSPS) is 24.0. The van der Waals surface area contributed by atoms with E-state index in [0.29, 0.717) is 41.4 Å². The van der Waals surface area contributed by atoms with Crippen LogP contribution in [0.5, 0.6) is 0 Å². The molecule has 0 aliphatic heterocycles. The molecule has 3 unspecified atom stereocenters. The van der Waals surface area contributed by atoms with E-state index in [0.717, 1.165) is 21.4 Å². The van der Waals surface area contributed by atoms with Crippen LogP contribution in [0.4, 0.5) is 0 Å². The molecular weight excluding hydrogens is 411 g/mol. The van der Waals surface area contributed by atoms with Crippen molar-refractivity contribution >= 4 is 23.2 Å². The summed E-state index contributed by atoms with van der Waals surface area (Å²) in [6.45, 7) is 11.4. The molecule has 2 aliphatic carbocycles. The minimum atomic E-state index is 0.428. The summed E-state index contributed by atoms with van der Waals surface area (Å²) >= 11 is 12.9. The average molecular weight is 445 g/mol. The van der Waals surface area contributed by atoms with Crippen molar-refractivity contribution in [1.29, 1.82) is 0 Å². The second-order valence-corrected chi connectivity index (χ2v) is 10.9. The molecule has 5 atom stereocenters. The summed E-state index contributed by atoms with van der Waals surface area (Å²) in [5.74, 6) is 3.79. The number of halogens is 2. The van der Waals surface area contributed by atoms with Crippen LogP contribution < -0.4 is 0 Å². The molecule has 30 heavy (non-hydrogen) atoms. The van der Waals surface area contributed by atoms with Crippen LogP contribution in [0.2, 0.25) is 10.0 Å². The summed E-state index contributed by atoms with van der Waals surface area (Å²) in [7, 11) is 0. The lowest BCUT2D eigenvalue weighted by molar-refractivity contribution is 0.416. The molecule has 0 N–H and O–H groups in total. The average Bonchev–Trinajstić information content (AvgIpc) is 3.63. The molecule has 2 saturated carbocycles. The number of pyridine rings is 2. The topological polar surface area (TPSA) is 25.8 Å². The molecule has 2 fully saturated rings. The number of hydrogen-bond donors (Lipinski definition) is 0. The van der Waals surface area contributed by atoms with Gasteiger partial charge in [0, 0.05) is 35.1 Å². The predicted molar refractivity (Wildman–Crippen MR) is 127 cm³/mol. The smallest absolute Gasteiger partial charge is 0.0626 e. The maximum absolute atomic E-state index is 6.56. The number of aromatic nitrogens is 2. The van der Waals surface area contributed by atoms with Crippen molar-refractivity contribution in [3.8, 4) is 0 Å². The molecule has 162 valence electrons. The second-order valence-electron chi connectivity index (χ2n) is 10.1. The summed E-state index contributed by atoms with van der Waals surface area (Å²) < 4.78 is 0. The van der Waals surface area contributed by atoms with Gasteiger partial charge in [0.2, 0.25) is 0 Å². The molecule has 2 aliphatic rings. The number of nitrogens with zero attached hydrogens (tertiary/aromatic N) is 2. The lowest BCUT2D eigenvalue weighted by atomic mass is 9.87. The molecule has 0 aromatic carbocycles. The maximum Gasteiger partial charge on any atom is 0.0626 e. The maximum atomic E-state index is 6.56. The summed E-state index contributed by atoms with van der Waals surface area (Å²) in [5, 5.41) is 1.66. The van der Waals surface area contributed by atoms with E-state index in [4.69, 9.17) is 33.2 Å². The Kier molecular flexibility index (Phi) is 6.47. The molecule has 4 heteroatoms. The van der Waals surface area contributed by atoms with Gasteiger partial charge in [0.15, 0.2) is 0 Å². The fourth-order valence-corrected chi connectivity index (χ4v) is 5.02. The minimum absolute atomic E-state index is 0.428. The van der Waals surface area contributed by atoms with Crippen LogP contribution in [-0.2, 0) is 0 Å². The fourth-order valence-electron chi connectivity index (χ4n) is 4.52. The molecule has 2 aromatic rings. The van der Waals surface area contributed by atoms with Crippen LogP contribution in [0.1, 0.15) is 107 Å². The third-order valence-electron chi connectivity index (χ3n) is 7.49. The Hall–Kier alpha value is -1.12. The molecule has 2 heterocycles. The quantitative estimate of drug-likeness (QED) is 0.408. The third-order valence-corrected chi connectivity index (χ3v) is 8.13. The highest BCUT2D eigenvalue weighted by Crippen LogP contribution is 2.53. The summed E-state index contributed by atoms with van der Waals surface area (Å²) in [5.41, 5.74) is 4.60. The van der Waals surface area contributed by atoms with Gasteiger partial charge in [-0.3, -0.25) is 9.97 Å². The zero-order valence-corrected chi connectivity index (χ0v) is 20.3. The molecule has 0 radical (unpaired) electrons. The standard InChI is InChI=1S/C26H34Cl2N2/c1-14(2)16(4)23-10-9-22(28)26(30-23)20-13-19(20)12-15(3)17(5)24-11-8-21(27)25(29-24)18-6-7-18/h8-11,14-20H,6-7,12-13H2,1-5H3/t15?,16-,17+,19?,20?/m1/s1. The Bertz CT molecular complexity index is 906. The Morgan fingerprint density at radius 1 is 0.833 bits per heavy atom. The van der Waals surface area contributed by atoms with E-state index in [9.17, 15) is 0 Å². The minimum Gasteiger partial charge on any atom is -0.256 e. The van der Waals surface area contributed by atoms with Gasteiger partial charge in [-0.2, -0.15) is 0 Å². The van der Waals surface area contributed by atoms with Crippen molar-refractivity contribution in [2.75, 3.05) is 0 Å². The van der Waals surface area contributed by atoms with Crippen LogP contribution >= 0.6 is 23.2 Å². The molecule has 0 spiro atoms. The van der Waals surface area contributed by atoms with E-state index >= 15 is 0 Å². The van der Waals surface area contributed by atoms with Crippen molar-refractivity contribution in [3.63, 3.8) is 0 Å². The first-order valence-electron chi connectivity index (χ1n) is 11.6. The number of rotatable bonds is 8. The Labute approximate surface area is 191 Å². The van der Waals surface area contributed by atoms with Gasteiger partial charge in [0.1, 0.15) is 0 Å². The van der Waals surface area contributed by atoms with Crippen molar-refractivity contribution < 1.29 is 0 Å². The third kappa shape index (κ3) is 4.70. The van der Waals surface area contributed by atoms with E-state index < -0.39 is 0 Å². The van der Waals surface area contributed by atoms with Gasteiger partial charge in [-0.15, -0.1) is 0 Å². The van der Waals surface area contributed by atoms with Crippen LogP contribution in [0.25, 0.3) is 0 Å². The van der Waals surface area contributed by atoms with Gasteiger partial charge >= 0.3 is 0 Å². The van der Waals surface area contributed by atoms with Gasteiger partial charge in [0.25, 0.3) is 0 Å². The highest BCUT2D eigenvalue weighted by atomic mass is 35.5. The van der Waals surface area contributed by atoms with E-state index in [1.165, 1.54) is 37.1 Å². The van der Waals surface area contributed by atoms with Crippen LogP contribution in [0, 0.1) is 17.8 Å². The van der Waals surface area contributed by atoms with Gasteiger partial charge in [0.05, 0.1) is 21.4 Å². The van der Waals surface area contributed by atoms with Crippen molar-refractivity contribution in [2.45, 2.75) is 84.0 Å². The lowest BCUT2D eigenvalue weighted by Crippen LogP contribution is -2.11. The highest BCUT2D eigenvalue weighted by molar-refractivity contribution is 6.31. The first-order valence-corrected chi connectivity index (χ1v) is 12.3. The summed E-state index contributed by atoms with van der Waals surface area (Å²) in [4.78, 5) is 9.96. The first-order chi connectivity index (χ1) is 14.3.